The van der Waals surface area contributed by atoms with Gasteiger partial charge in [0.15, 0.2) is 0 Å². The summed E-state index contributed by atoms with van der Waals surface area (Å²) in [4.78, 5) is 0. The molecule has 9 heavy (non-hydrogen) atoms. The van der Waals surface area contributed by atoms with E-state index in [9.17, 15) is 0 Å². The minimum atomic E-state index is 0.0230. The summed E-state index contributed by atoms with van der Waals surface area (Å²) in [5.74, 6) is 0. The average molecular weight is 342 g/mol. The standard InChI is InChI=1S/C6H6P.Au.ClH/c7-6-4-2-1-3-5-6;;/h1-5,7H;;1H/q-1;+2;/p-1. The number of hydrogen-bond donors (Lipinski definition) is 0. The zero-order valence-electron chi connectivity index (χ0n) is 4.57. The molecule has 0 aliphatic rings. The first kappa shape index (κ1) is 7.78. The maximum absolute atomic E-state index is 5.65. The molecule has 1 atom stereocenters. The molecule has 0 amide bonds. The van der Waals surface area contributed by atoms with Crippen molar-refractivity contribution < 1.29 is 18.1 Å². The Bertz CT molecular complexity index is 166. The zero-order chi connectivity index (χ0) is 6.53. The molecule has 1 aromatic carbocycles. The van der Waals surface area contributed by atoms with Gasteiger partial charge in [-0.25, -0.2) is 0 Å². The summed E-state index contributed by atoms with van der Waals surface area (Å²) in [5.41, 5.74) is 0. The van der Waals surface area contributed by atoms with Gasteiger partial charge < -0.3 is 0 Å². The average Bonchev–Trinajstić information content (AvgIpc) is 1.91. The summed E-state index contributed by atoms with van der Waals surface area (Å²) in [7, 11) is 5.65. The number of hydrogen-bond acceptors (Lipinski definition) is 0. The van der Waals surface area contributed by atoms with Crippen molar-refractivity contribution in [2.75, 3.05) is 0 Å². The number of halogens is 1. The van der Waals surface area contributed by atoms with Crippen LogP contribution in [0.5, 0.6) is 0 Å². The van der Waals surface area contributed by atoms with Crippen LogP contribution in [0.15, 0.2) is 30.3 Å². The molecular formula is C6H6AuClP. The van der Waals surface area contributed by atoms with Crippen LogP contribution in [-0.4, -0.2) is 0 Å². The van der Waals surface area contributed by atoms with E-state index >= 15 is 0 Å². The molecule has 0 saturated carbocycles. The van der Waals surface area contributed by atoms with E-state index in [-0.39, 0.29) is 18.1 Å². The Labute approximate surface area is 69.3 Å². The van der Waals surface area contributed by atoms with Crippen LogP contribution in [-0.2, 0) is 18.1 Å². The van der Waals surface area contributed by atoms with E-state index in [4.69, 9.17) is 9.19 Å². The van der Waals surface area contributed by atoms with Crippen molar-refractivity contribution in [2.45, 2.75) is 0 Å². The Morgan fingerprint density at radius 2 is 1.89 bits per heavy atom. The van der Waals surface area contributed by atoms with E-state index in [1.165, 1.54) is 5.30 Å². The fraction of sp³-hybridized carbons (Fsp3) is 0. The Kier molecular flexibility index (Phi) is 3.88. The van der Waals surface area contributed by atoms with Gasteiger partial charge in [0.1, 0.15) is 0 Å². The van der Waals surface area contributed by atoms with Crippen molar-refractivity contribution in [1.29, 1.82) is 0 Å². The van der Waals surface area contributed by atoms with E-state index in [2.05, 4.69) is 24.3 Å². The summed E-state index contributed by atoms with van der Waals surface area (Å²) in [6, 6.07) is 10.4. The van der Waals surface area contributed by atoms with Crippen molar-refractivity contribution in [1.82, 2.24) is 0 Å². The van der Waals surface area contributed by atoms with Crippen LogP contribution in [0.4, 0.5) is 0 Å². The molecule has 0 aromatic heterocycles. The van der Waals surface area contributed by atoms with Gasteiger partial charge in [0.2, 0.25) is 0 Å². The Morgan fingerprint density at radius 3 is 2.44 bits per heavy atom. The Balaban J connectivity index is 2.61. The monoisotopic (exact) mass is 341 g/mol. The van der Waals surface area contributed by atoms with Gasteiger partial charge in [-0.15, -0.1) is 0 Å². The van der Waals surface area contributed by atoms with Crippen molar-refractivity contribution in [3.8, 4) is 0 Å². The van der Waals surface area contributed by atoms with Gasteiger partial charge in [-0.2, -0.15) is 0 Å². The molecule has 0 spiro atoms. The van der Waals surface area contributed by atoms with Crippen molar-refractivity contribution in [3.05, 3.63) is 30.3 Å². The van der Waals surface area contributed by atoms with Crippen LogP contribution in [0, 0.1) is 0 Å². The van der Waals surface area contributed by atoms with E-state index in [1.807, 2.05) is 6.07 Å². The molecule has 53 valence electrons. The zero-order valence-corrected chi connectivity index (χ0v) is 8.49. The van der Waals surface area contributed by atoms with E-state index in [0.717, 1.165) is 6.47 Å². The first-order valence-electron chi connectivity index (χ1n) is 2.43. The van der Waals surface area contributed by atoms with Gasteiger partial charge in [-0.05, 0) is 0 Å². The molecule has 0 aliphatic carbocycles. The van der Waals surface area contributed by atoms with Crippen molar-refractivity contribution in [2.24, 2.45) is 0 Å². The fourth-order valence-corrected chi connectivity index (χ4v) is 4.29. The summed E-state index contributed by atoms with van der Waals surface area (Å²) < 4.78 is 0. The second kappa shape index (κ2) is 4.49. The van der Waals surface area contributed by atoms with Crippen LogP contribution >= 0.6 is 15.7 Å². The summed E-state index contributed by atoms with van der Waals surface area (Å²) in [6.45, 7) is 0.850. The molecule has 0 heterocycles. The normalized spacial score (nSPS) is 11.2. The Morgan fingerprint density at radius 1 is 1.22 bits per heavy atom. The maximum atomic E-state index is 5.65. The van der Waals surface area contributed by atoms with Gasteiger partial charge in [-0.3, -0.25) is 0 Å². The molecular weight excluding hydrogens is 335 g/mol. The molecule has 0 fully saturated rings. The molecule has 3 heteroatoms. The molecule has 1 rings (SSSR count). The second-order valence-electron chi connectivity index (χ2n) is 1.50. The Hall–Kier alpha value is 0.680. The minimum absolute atomic E-state index is 0.0230. The fourth-order valence-electron chi connectivity index (χ4n) is 0.521. The predicted octanol–water partition coefficient (Wildman–Crippen LogP) is 2.14. The molecule has 1 unspecified atom stereocenters. The third kappa shape index (κ3) is 2.84. The molecule has 0 radical (unpaired) electrons. The molecule has 0 aliphatic heterocycles. The van der Waals surface area contributed by atoms with E-state index in [1.54, 1.807) is 0 Å². The van der Waals surface area contributed by atoms with Crippen molar-refractivity contribution in [3.63, 3.8) is 0 Å². The summed E-state index contributed by atoms with van der Waals surface area (Å²) in [6.07, 6.45) is 0. The van der Waals surface area contributed by atoms with Crippen molar-refractivity contribution >= 4 is 21.0 Å². The van der Waals surface area contributed by atoms with Crippen LogP contribution in [0.3, 0.4) is 0 Å². The molecule has 0 nitrogen and oxygen atoms in total. The topological polar surface area (TPSA) is 0 Å². The van der Waals surface area contributed by atoms with E-state index in [0.29, 0.717) is 0 Å². The molecule has 1 aromatic rings. The van der Waals surface area contributed by atoms with Crippen LogP contribution in [0.1, 0.15) is 0 Å². The first-order valence-corrected chi connectivity index (χ1v) is 9.16. The van der Waals surface area contributed by atoms with Crippen LogP contribution in [0.2, 0.25) is 0 Å². The quantitative estimate of drug-likeness (QED) is 0.571. The van der Waals surface area contributed by atoms with Gasteiger partial charge in [0.05, 0.1) is 0 Å². The summed E-state index contributed by atoms with van der Waals surface area (Å²) in [5, 5.41) is 1.38. The number of rotatable bonds is 2. The van der Waals surface area contributed by atoms with E-state index < -0.39 is 0 Å². The third-order valence-electron chi connectivity index (χ3n) is 0.889. The van der Waals surface area contributed by atoms with Gasteiger partial charge in [0.25, 0.3) is 0 Å². The van der Waals surface area contributed by atoms with Gasteiger partial charge >= 0.3 is 69.4 Å². The number of benzene rings is 1. The van der Waals surface area contributed by atoms with Gasteiger partial charge in [-0.1, -0.05) is 0 Å². The molecule has 0 bridgehead atoms. The van der Waals surface area contributed by atoms with Gasteiger partial charge in [0, 0.05) is 0 Å². The SMILES string of the molecule is [Cl][Au][PH]c1ccccc1. The third-order valence-corrected chi connectivity index (χ3v) is 5.34. The molecule has 0 saturated heterocycles. The van der Waals surface area contributed by atoms with Crippen LogP contribution < -0.4 is 5.30 Å². The van der Waals surface area contributed by atoms with Crippen LogP contribution in [0.25, 0.3) is 0 Å². The predicted molar refractivity (Wildman–Crippen MR) is 40.2 cm³/mol. The summed E-state index contributed by atoms with van der Waals surface area (Å²) >= 11 is 0.0230. The second-order valence-corrected chi connectivity index (χ2v) is 7.99. The molecule has 0 N–H and O–H groups in total. The first-order chi connectivity index (χ1) is 4.43.